The normalized spacial score (nSPS) is 52.9. The average molecular weight is 130 g/mol. The predicted octanol–water partition coefficient (Wildman–Crippen LogP) is 0.873. The van der Waals surface area contributed by atoms with E-state index in [0.29, 0.717) is 5.25 Å². The van der Waals surface area contributed by atoms with E-state index in [4.69, 9.17) is 0 Å². The minimum Gasteiger partial charge on any atom is -0.392 e. The summed E-state index contributed by atoms with van der Waals surface area (Å²) in [6.45, 7) is 0. The Labute approximate surface area is 53.5 Å². The summed E-state index contributed by atoms with van der Waals surface area (Å²) in [4.78, 5) is 0. The minimum atomic E-state index is 0.0405. The molecule has 0 spiro atoms. The Bertz CT molecular complexity index is 103. The van der Waals surface area contributed by atoms with Gasteiger partial charge in [-0.15, -0.1) is 0 Å². The first-order valence-corrected chi connectivity index (χ1v) is 4.21. The molecule has 2 heteroatoms. The van der Waals surface area contributed by atoms with Gasteiger partial charge in [0.2, 0.25) is 0 Å². The summed E-state index contributed by atoms with van der Waals surface area (Å²) in [5, 5.41) is 9.81. The Morgan fingerprint density at radius 3 is 2.50 bits per heavy atom. The Morgan fingerprint density at radius 1 is 1.38 bits per heavy atom. The zero-order chi connectivity index (χ0) is 5.56. The van der Waals surface area contributed by atoms with E-state index in [1.165, 1.54) is 12.2 Å². The van der Waals surface area contributed by atoms with Crippen molar-refractivity contribution < 1.29 is 5.11 Å². The number of thioether (sulfide) groups is 1. The lowest BCUT2D eigenvalue weighted by atomic mass is 10.1. The van der Waals surface area contributed by atoms with Crippen LogP contribution in [0.2, 0.25) is 0 Å². The van der Waals surface area contributed by atoms with E-state index < -0.39 is 0 Å². The van der Waals surface area contributed by atoms with Crippen LogP contribution in [0.4, 0.5) is 0 Å². The second kappa shape index (κ2) is 1.64. The number of rotatable bonds is 0. The molecule has 2 rings (SSSR count). The van der Waals surface area contributed by atoms with Gasteiger partial charge in [0.25, 0.3) is 0 Å². The van der Waals surface area contributed by atoms with Gasteiger partial charge in [-0.25, -0.2) is 0 Å². The molecule has 1 aliphatic heterocycles. The maximum absolute atomic E-state index is 9.20. The van der Waals surface area contributed by atoms with Crippen LogP contribution in [0.5, 0.6) is 0 Å². The molecule has 1 saturated heterocycles. The lowest BCUT2D eigenvalue weighted by Crippen LogP contribution is -2.17. The molecule has 1 nitrogen and oxygen atoms in total. The van der Waals surface area contributed by atoms with Crippen molar-refractivity contribution in [2.45, 2.75) is 24.2 Å². The van der Waals surface area contributed by atoms with Crippen LogP contribution >= 0.6 is 11.8 Å². The number of aliphatic hydroxyl groups is 1. The summed E-state index contributed by atoms with van der Waals surface area (Å²) >= 11 is 1.95. The van der Waals surface area contributed by atoms with E-state index in [0.717, 1.165) is 12.3 Å². The third-order valence-electron chi connectivity index (χ3n) is 2.12. The standard InChI is InChI=1S/C6H10OS/c7-5-1-4-2-6(5)8-3-4/h4-7H,1-3H2. The van der Waals surface area contributed by atoms with E-state index in [2.05, 4.69) is 0 Å². The minimum absolute atomic E-state index is 0.0405. The zero-order valence-corrected chi connectivity index (χ0v) is 5.53. The predicted molar refractivity (Wildman–Crippen MR) is 35.0 cm³/mol. The van der Waals surface area contributed by atoms with Crippen LogP contribution in [0.1, 0.15) is 12.8 Å². The van der Waals surface area contributed by atoms with Gasteiger partial charge in [0.1, 0.15) is 0 Å². The van der Waals surface area contributed by atoms with Crippen molar-refractivity contribution in [3.63, 3.8) is 0 Å². The highest BCUT2D eigenvalue weighted by atomic mass is 32.2. The Hall–Kier alpha value is 0.310. The molecule has 1 heterocycles. The largest absolute Gasteiger partial charge is 0.392 e. The summed E-state index contributed by atoms with van der Waals surface area (Å²) in [6.07, 6.45) is 2.41. The third-order valence-corrected chi connectivity index (χ3v) is 3.71. The lowest BCUT2D eigenvalue weighted by Gasteiger charge is -2.14. The maximum atomic E-state index is 9.20. The Kier molecular flexibility index (Phi) is 1.05. The molecule has 3 unspecified atom stereocenters. The first kappa shape index (κ1) is 5.12. The monoisotopic (exact) mass is 130 g/mol. The SMILES string of the molecule is OC1CC2CSC1C2. The van der Waals surface area contributed by atoms with Crippen LogP contribution in [0.3, 0.4) is 0 Å². The van der Waals surface area contributed by atoms with Gasteiger partial charge < -0.3 is 5.11 Å². The molecule has 1 N–H and O–H groups in total. The van der Waals surface area contributed by atoms with Crippen molar-refractivity contribution in [1.29, 1.82) is 0 Å². The van der Waals surface area contributed by atoms with Gasteiger partial charge >= 0.3 is 0 Å². The molecule has 0 aromatic rings. The second-order valence-corrected chi connectivity index (χ2v) is 4.05. The van der Waals surface area contributed by atoms with Crippen molar-refractivity contribution in [2.24, 2.45) is 5.92 Å². The van der Waals surface area contributed by atoms with Crippen LogP contribution in [-0.4, -0.2) is 22.2 Å². The van der Waals surface area contributed by atoms with Crippen molar-refractivity contribution in [3.05, 3.63) is 0 Å². The summed E-state index contributed by atoms with van der Waals surface area (Å²) in [7, 11) is 0. The summed E-state index contributed by atoms with van der Waals surface area (Å²) in [5.74, 6) is 2.17. The molecule has 8 heavy (non-hydrogen) atoms. The molecule has 46 valence electrons. The number of hydrogen-bond donors (Lipinski definition) is 1. The van der Waals surface area contributed by atoms with Crippen LogP contribution in [-0.2, 0) is 0 Å². The summed E-state index contributed by atoms with van der Waals surface area (Å²) in [5.41, 5.74) is 0. The fourth-order valence-electron chi connectivity index (χ4n) is 1.65. The molecule has 0 aromatic heterocycles. The number of fused-ring (bicyclic) bond motifs is 2. The van der Waals surface area contributed by atoms with Gasteiger partial charge in [0, 0.05) is 5.25 Å². The topological polar surface area (TPSA) is 20.2 Å². The van der Waals surface area contributed by atoms with Crippen molar-refractivity contribution >= 4 is 11.8 Å². The van der Waals surface area contributed by atoms with Crippen LogP contribution < -0.4 is 0 Å². The van der Waals surface area contributed by atoms with E-state index in [9.17, 15) is 5.11 Å². The van der Waals surface area contributed by atoms with E-state index in [1.54, 1.807) is 0 Å². The van der Waals surface area contributed by atoms with Gasteiger partial charge in [-0.2, -0.15) is 11.8 Å². The molecule has 1 saturated carbocycles. The highest BCUT2D eigenvalue weighted by Crippen LogP contribution is 2.43. The second-order valence-electron chi connectivity index (χ2n) is 2.78. The van der Waals surface area contributed by atoms with Gasteiger partial charge in [-0.05, 0) is 24.5 Å². The van der Waals surface area contributed by atoms with E-state index in [-0.39, 0.29) is 6.10 Å². The molecule has 1 aliphatic carbocycles. The smallest absolute Gasteiger partial charge is 0.0661 e. The fraction of sp³-hybridized carbons (Fsp3) is 1.00. The molecule has 0 aromatic carbocycles. The van der Waals surface area contributed by atoms with Gasteiger partial charge in [-0.1, -0.05) is 0 Å². The van der Waals surface area contributed by atoms with Crippen molar-refractivity contribution in [1.82, 2.24) is 0 Å². The highest BCUT2D eigenvalue weighted by Gasteiger charge is 2.38. The van der Waals surface area contributed by atoms with Crippen LogP contribution in [0.25, 0.3) is 0 Å². The maximum Gasteiger partial charge on any atom is 0.0661 e. The molecular formula is C6H10OS. The molecule has 2 aliphatic rings. The molecule has 2 bridgehead atoms. The van der Waals surface area contributed by atoms with E-state index in [1.807, 2.05) is 11.8 Å². The van der Waals surface area contributed by atoms with Gasteiger partial charge in [0.05, 0.1) is 6.10 Å². The summed E-state index contributed by atoms with van der Waals surface area (Å²) < 4.78 is 0. The lowest BCUT2D eigenvalue weighted by molar-refractivity contribution is 0.180. The fourth-order valence-corrected chi connectivity index (χ4v) is 3.18. The highest BCUT2D eigenvalue weighted by molar-refractivity contribution is 8.00. The molecule has 3 atom stereocenters. The average Bonchev–Trinajstić information content (AvgIpc) is 2.23. The van der Waals surface area contributed by atoms with E-state index >= 15 is 0 Å². The Balaban J connectivity index is 2.11. The number of aliphatic hydroxyl groups excluding tert-OH is 1. The quantitative estimate of drug-likeness (QED) is 0.525. The zero-order valence-electron chi connectivity index (χ0n) is 4.71. The molecule has 2 fully saturated rings. The van der Waals surface area contributed by atoms with Gasteiger partial charge in [-0.3, -0.25) is 0 Å². The third kappa shape index (κ3) is 0.594. The van der Waals surface area contributed by atoms with Crippen molar-refractivity contribution in [2.75, 3.05) is 5.75 Å². The van der Waals surface area contributed by atoms with Gasteiger partial charge in [0.15, 0.2) is 0 Å². The van der Waals surface area contributed by atoms with Crippen molar-refractivity contribution in [3.8, 4) is 0 Å². The van der Waals surface area contributed by atoms with Crippen LogP contribution in [0.15, 0.2) is 0 Å². The first-order chi connectivity index (χ1) is 3.86. The Morgan fingerprint density at radius 2 is 2.25 bits per heavy atom. The molecular weight excluding hydrogens is 120 g/mol. The first-order valence-electron chi connectivity index (χ1n) is 3.16. The summed E-state index contributed by atoms with van der Waals surface area (Å²) in [6, 6.07) is 0. The van der Waals surface area contributed by atoms with Crippen LogP contribution in [0, 0.1) is 5.92 Å². The molecule has 0 amide bonds. The number of hydrogen-bond acceptors (Lipinski definition) is 2. The molecule has 0 radical (unpaired) electrons.